The molecule has 1 unspecified atom stereocenters. The van der Waals surface area contributed by atoms with E-state index in [1.54, 1.807) is 18.6 Å². The van der Waals surface area contributed by atoms with Crippen molar-refractivity contribution in [1.29, 1.82) is 0 Å². The van der Waals surface area contributed by atoms with Crippen LogP contribution in [0.4, 0.5) is 4.79 Å². The lowest BCUT2D eigenvalue weighted by atomic mass is 9.69. The van der Waals surface area contributed by atoms with E-state index in [4.69, 9.17) is 0 Å². The fourth-order valence-electron chi connectivity index (χ4n) is 3.38. The molecule has 0 fully saturated rings. The van der Waals surface area contributed by atoms with E-state index in [9.17, 15) is 4.79 Å². The summed E-state index contributed by atoms with van der Waals surface area (Å²) in [5.74, 6) is 0.372. The average molecular weight is 324 g/mol. The Hall–Kier alpha value is -2.43. The second-order valence-corrected chi connectivity index (χ2v) is 6.97. The summed E-state index contributed by atoms with van der Waals surface area (Å²) in [6.07, 6.45) is 7.12. The predicted octanol–water partition coefficient (Wildman–Crippen LogP) is 3.13. The summed E-state index contributed by atoms with van der Waals surface area (Å²) in [4.78, 5) is 20.2. The molecule has 0 saturated heterocycles. The Balaban J connectivity index is 1.56. The van der Waals surface area contributed by atoms with Crippen LogP contribution >= 0.6 is 0 Å². The van der Waals surface area contributed by atoms with E-state index in [0.29, 0.717) is 19.0 Å². The first-order valence-electron chi connectivity index (χ1n) is 8.42. The molecule has 5 heteroatoms. The number of hydrogen-bond donors (Lipinski definition) is 2. The van der Waals surface area contributed by atoms with Gasteiger partial charge in [-0.25, -0.2) is 4.79 Å². The van der Waals surface area contributed by atoms with Gasteiger partial charge in [-0.1, -0.05) is 38.1 Å². The van der Waals surface area contributed by atoms with E-state index < -0.39 is 0 Å². The molecular weight excluding hydrogens is 300 g/mol. The molecular formula is C19H24N4O. The van der Waals surface area contributed by atoms with Gasteiger partial charge >= 0.3 is 6.03 Å². The molecule has 0 radical (unpaired) electrons. The molecule has 24 heavy (non-hydrogen) atoms. The fraction of sp³-hybridized carbons (Fsp3) is 0.421. The Morgan fingerprint density at radius 1 is 1.25 bits per heavy atom. The zero-order chi connectivity index (χ0) is 17.0. The summed E-state index contributed by atoms with van der Waals surface area (Å²) >= 11 is 0. The van der Waals surface area contributed by atoms with Gasteiger partial charge in [0.25, 0.3) is 0 Å². The van der Waals surface area contributed by atoms with Crippen LogP contribution in [0.2, 0.25) is 0 Å². The minimum atomic E-state index is -0.164. The van der Waals surface area contributed by atoms with Crippen LogP contribution in [0.1, 0.15) is 49.4 Å². The SMILES string of the molecule is CC1(C)CCC(CNC(=O)NCc2cnccn2)c2ccccc21. The maximum absolute atomic E-state index is 12.0. The summed E-state index contributed by atoms with van der Waals surface area (Å²) in [5.41, 5.74) is 3.73. The Labute approximate surface area is 142 Å². The van der Waals surface area contributed by atoms with E-state index in [1.165, 1.54) is 11.1 Å². The van der Waals surface area contributed by atoms with Crippen molar-refractivity contribution in [2.24, 2.45) is 0 Å². The number of carbonyl (C=O) groups excluding carboxylic acids is 1. The third kappa shape index (κ3) is 3.72. The molecule has 0 saturated carbocycles. The predicted molar refractivity (Wildman–Crippen MR) is 93.7 cm³/mol. The number of nitrogens with one attached hydrogen (secondary N) is 2. The molecule has 1 aromatic heterocycles. The maximum Gasteiger partial charge on any atom is 0.315 e. The number of hydrogen-bond acceptors (Lipinski definition) is 3. The number of amides is 2. The van der Waals surface area contributed by atoms with Crippen LogP contribution in [-0.2, 0) is 12.0 Å². The summed E-state index contributed by atoms with van der Waals surface area (Å²) in [5, 5.41) is 5.82. The molecule has 5 nitrogen and oxygen atoms in total. The molecule has 0 spiro atoms. The molecule has 1 aliphatic rings. The molecule has 2 amide bonds. The molecule has 1 heterocycles. The number of carbonyl (C=O) groups is 1. The van der Waals surface area contributed by atoms with Gasteiger partial charge < -0.3 is 10.6 Å². The Morgan fingerprint density at radius 3 is 2.88 bits per heavy atom. The zero-order valence-corrected chi connectivity index (χ0v) is 14.2. The van der Waals surface area contributed by atoms with Gasteiger partial charge in [0, 0.05) is 24.9 Å². The highest BCUT2D eigenvalue weighted by Crippen LogP contribution is 2.42. The largest absolute Gasteiger partial charge is 0.338 e. The first-order chi connectivity index (χ1) is 11.6. The van der Waals surface area contributed by atoms with Crippen LogP contribution in [-0.4, -0.2) is 22.5 Å². The van der Waals surface area contributed by atoms with Gasteiger partial charge in [-0.3, -0.25) is 9.97 Å². The lowest BCUT2D eigenvalue weighted by molar-refractivity contribution is 0.239. The number of nitrogens with zero attached hydrogens (tertiary/aromatic N) is 2. The Bertz CT molecular complexity index is 700. The van der Waals surface area contributed by atoms with E-state index in [1.807, 2.05) is 0 Å². The summed E-state index contributed by atoms with van der Waals surface area (Å²) in [6.45, 7) is 5.62. The second kappa shape index (κ2) is 6.99. The smallest absolute Gasteiger partial charge is 0.315 e. The first kappa shape index (κ1) is 16.4. The van der Waals surface area contributed by atoms with Gasteiger partial charge in [-0.15, -0.1) is 0 Å². The highest BCUT2D eigenvalue weighted by Gasteiger charge is 2.32. The van der Waals surface area contributed by atoms with Crippen LogP contribution in [0.15, 0.2) is 42.9 Å². The summed E-state index contributed by atoms with van der Waals surface area (Å²) in [6, 6.07) is 8.43. The van der Waals surface area contributed by atoms with Crippen LogP contribution in [0, 0.1) is 0 Å². The minimum Gasteiger partial charge on any atom is -0.338 e. The minimum absolute atomic E-state index is 0.164. The number of benzene rings is 1. The first-order valence-corrected chi connectivity index (χ1v) is 8.42. The Kier molecular flexibility index (Phi) is 4.79. The third-order valence-corrected chi connectivity index (χ3v) is 4.80. The van der Waals surface area contributed by atoms with Crippen molar-refractivity contribution in [3.05, 3.63) is 59.7 Å². The monoisotopic (exact) mass is 324 g/mol. The van der Waals surface area contributed by atoms with Crippen molar-refractivity contribution in [1.82, 2.24) is 20.6 Å². The summed E-state index contributed by atoms with van der Waals surface area (Å²) in [7, 11) is 0. The van der Waals surface area contributed by atoms with Crippen molar-refractivity contribution in [3.8, 4) is 0 Å². The van der Waals surface area contributed by atoms with E-state index in [2.05, 4.69) is 58.7 Å². The molecule has 1 aromatic carbocycles. The van der Waals surface area contributed by atoms with Gasteiger partial charge in [0.1, 0.15) is 0 Å². The van der Waals surface area contributed by atoms with Crippen molar-refractivity contribution in [3.63, 3.8) is 0 Å². The van der Waals surface area contributed by atoms with Gasteiger partial charge in [0.2, 0.25) is 0 Å². The second-order valence-electron chi connectivity index (χ2n) is 6.97. The van der Waals surface area contributed by atoms with Gasteiger partial charge in [-0.2, -0.15) is 0 Å². The normalized spacial score (nSPS) is 18.5. The van der Waals surface area contributed by atoms with E-state index >= 15 is 0 Å². The van der Waals surface area contributed by atoms with Gasteiger partial charge in [0.05, 0.1) is 18.4 Å². The topological polar surface area (TPSA) is 66.9 Å². The van der Waals surface area contributed by atoms with Crippen LogP contribution in [0.5, 0.6) is 0 Å². The molecule has 1 aliphatic carbocycles. The van der Waals surface area contributed by atoms with Crippen LogP contribution < -0.4 is 10.6 Å². The van der Waals surface area contributed by atoms with Gasteiger partial charge in [-0.05, 0) is 29.4 Å². The molecule has 0 bridgehead atoms. The quantitative estimate of drug-likeness (QED) is 0.908. The van der Waals surface area contributed by atoms with Crippen molar-refractivity contribution in [2.75, 3.05) is 6.54 Å². The summed E-state index contributed by atoms with van der Waals surface area (Å²) < 4.78 is 0. The lowest BCUT2D eigenvalue weighted by Crippen LogP contribution is -2.39. The molecule has 2 N–H and O–H groups in total. The Morgan fingerprint density at radius 2 is 2.08 bits per heavy atom. The van der Waals surface area contributed by atoms with E-state index in [-0.39, 0.29) is 11.4 Å². The van der Waals surface area contributed by atoms with Crippen LogP contribution in [0.25, 0.3) is 0 Å². The third-order valence-electron chi connectivity index (χ3n) is 4.80. The standard InChI is InChI=1S/C19H24N4O/c1-19(2)8-7-14(16-5-3-4-6-17(16)19)11-22-18(24)23-13-15-12-20-9-10-21-15/h3-6,9-10,12,14H,7-8,11,13H2,1-2H3,(H2,22,23,24). The number of aromatic nitrogens is 2. The molecule has 0 aliphatic heterocycles. The number of rotatable bonds is 4. The van der Waals surface area contributed by atoms with Crippen molar-refractivity contribution in [2.45, 2.75) is 44.6 Å². The van der Waals surface area contributed by atoms with Crippen molar-refractivity contribution >= 4 is 6.03 Å². The lowest BCUT2D eigenvalue weighted by Gasteiger charge is -2.37. The highest BCUT2D eigenvalue weighted by molar-refractivity contribution is 5.73. The average Bonchev–Trinajstić information content (AvgIpc) is 2.60. The maximum atomic E-state index is 12.0. The molecule has 2 aromatic rings. The van der Waals surface area contributed by atoms with E-state index in [0.717, 1.165) is 18.5 Å². The molecule has 1 atom stereocenters. The van der Waals surface area contributed by atoms with Crippen molar-refractivity contribution < 1.29 is 4.79 Å². The van der Waals surface area contributed by atoms with Gasteiger partial charge in [0.15, 0.2) is 0 Å². The molecule has 126 valence electrons. The number of urea groups is 1. The number of fused-ring (bicyclic) bond motifs is 1. The van der Waals surface area contributed by atoms with Crippen LogP contribution in [0.3, 0.4) is 0 Å². The zero-order valence-electron chi connectivity index (χ0n) is 14.2. The molecule has 3 rings (SSSR count). The fourth-order valence-corrected chi connectivity index (χ4v) is 3.38. The highest BCUT2D eigenvalue weighted by atomic mass is 16.2.